The highest BCUT2D eigenvalue weighted by atomic mass is 79.9. The smallest absolute Gasteiger partial charge is 0.0837 e. The van der Waals surface area contributed by atoms with E-state index in [1.807, 2.05) is 0 Å². The van der Waals surface area contributed by atoms with Gasteiger partial charge in [0, 0.05) is 15.4 Å². The van der Waals surface area contributed by atoms with Crippen LogP contribution in [0.25, 0.3) is 0 Å². The van der Waals surface area contributed by atoms with Gasteiger partial charge in [-0.15, -0.1) is 0 Å². The Hall–Kier alpha value is 0.140. The minimum Gasteiger partial charge on any atom is -0.388 e. The number of halogens is 1. The highest BCUT2D eigenvalue weighted by molar-refractivity contribution is 9.10. The topological polar surface area (TPSA) is 20.2 Å². The average Bonchev–Trinajstić information content (AvgIpc) is 2.73. The molecular formula is C15H23BrOS. The third-order valence-corrected chi connectivity index (χ3v) is 6.16. The maximum Gasteiger partial charge on any atom is 0.0837 e. The normalized spacial score (nSPS) is 27.2. The fraction of sp³-hybridized carbons (Fsp3) is 0.733. The number of hydrogen-bond donors (Lipinski definition) is 1. The summed E-state index contributed by atoms with van der Waals surface area (Å²) in [6.07, 6.45) is 4.54. The lowest BCUT2D eigenvalue weighted by Crippen LogP contribution is -2.28. The summed E-state index contributed by atoms with van der Waals surface area (Å²) in [5, 5.41) is 14.6. The minimum atomic E-state index is -0.286. The number of aliphatic hydroxyl groups is 1. The van der Waals surface area contributed by atoms with Gasteiger partial charge in [0.15, 0.2) is 0 Å². The highest BCUT2D eigenvalue weighted by Gasteiger charge is 2.33. The van der Waals surface area contributed by atoms with Crippen molar-refractivity contribution in [2.45, 2.75) is 52.6 Å². The van der Waals surface area contributed by atoms with Crippen LogP contribution in [-0.4, -0.2) is 5.11 Å². The van der Waals surface area contributed by atoms with Gasteiger partial charge in [-0.25, -0.2) is 0 Å². The van der Waals surface area contributed by atoms with Gasteiger partial charge in [-0.3, -0.25) is 0 Å². The molecule has 1 fully saturated rings. The van der Waals surface area contributed by atoms with E-state index in [1.165, 1.54) is 12.8 Å². The molecule has 1 saturated carbocycles. The Morgan fingerprint density at radius 1 is 1.22 bits per heavy atom. The Balaban J connectivity index is 1.96. The van der Waals surface area contributed by atoms with E-state index in [0.717, 1.165) is 28.8 Å². The molecule has 1 N–H and O–H groups in total. The van der Waals surface area contributed by atoms with Crippen LogP contribution in [0.1, 0.15) is 58.1 Å². The van der Waals surface area contributed by atoms with Crippen molar-refractivity contribution in [1.29, 1.82) is 0 Å². The van der Waals surface area contributed by atoms with Crippen molar-refractivity contribution in [1.82, 2.24) is 0 Å². The largest absolute Gasteiger partial charge is 0.388 e. The predicted molar refractivity (Wildman–Crippen MR) is 81.9 cm³/mol. The van der Waals surface area contributed by atoms with Crippen LogP contribution < -0.4 is 0 Å². The fourth-order valence-electron chi connectivity index (χ4n) is 3.06. The molecule has 18 heavy (non-hydrogen) atoms. The fourth-order valence-corrected chi connectivity index (χ4v) is 4.62. The molecule has 0 aliphatic heterocycles. The van der Waals surface area contributed by atoms with Crippen molar-refractivity contribution in [3.8, 4) is 0 Å². The lowest BCUT2D eigenvalue weighted by atomic mass is 9.68. The first-order valence-electron chi connectivity index (χ1n) is 6.79. The molecule has 102 valence electrons. The van der Waals surface area contributed by atoms with E-state index in [4.69, 9.17) is 0 Å². The number of thiophene rings is 1. The van der Waals surface area contributed by atoms with Crippen molar-refractivity contribution >= 4 is 27.3 Å². The van der Waals surface area contributed by atoms with Crippen LogP contribution >= 0.6 is 27.3 Å². The van der Waals surface area contributed by atoms with Crippen LogP contribution in [0, 0.1) is 17.3 Å². The van der Waals surface area contributed by atoms with Crippen molar-refractivity contribution in [2.75, 3.05) is 0 Å². The summed E-state index contributed by atoms with van der Waals surface area (Å²) in [7, 11) is 0. The van der Waals surface area contributed by atoms with E-state index in [2.05, 4.69) is 47.5 Å². The second-order valence-corrected chi connectivity index (χ2v) is 8.20. The summed E-state index contributed by atoms with van der Waals surface area (Å²) < 4.78 is 1.07. The Bertz CT molecular complexity index is 385. The van der Waals surface area contributed by atoms with Crippen LogP contribution in [0.4, 0.5) is 0 Å². The van der Waals surface area contributed by atoms with E-state index in [-0.39, 0.29) is 6.10 Å². The lowest BCUT2D eigenvalue weighted by Gasteiger charge is -2.38. The maximum atomic E-state index is 10.5. The zero-order valence-corrected chi connectivity index (χ0v) is 13.9. The van der Waals surface area contributed by atoms with Crippen LogP contribution in [0.2, 0.25) is 0 Å². The summed E-state index contributed by atoms with van der Waals surface area (Å²) in [6.45, 7) is 7.01. The van der Waals surface area contributed by atoms with Gasteiger partial charge in [0.05, 0.1) is 6.10 Å². The molecule has 2 rings (SSSR count). The molecule has 1 aromatic heterocycles. The van der Waals surface area contributed by atoms with E-state index >= 15 is 0 Å². The molecule has 1 heterocycles. The van der Waals surface area contributed by atoms with E-state index < -0.39 is 0 Å². The molecule has 1 aromatic rings. The molecule has 3 heteroatoms. The molecule has 1 unspecified atom stereocenters. The van der Waals surface area contributed by atoms with Crippen molar-refractivity contribution in [2.24, 2.45) is 17.3 Å². The molecule has 1 nitrogen and oxygen atoms in total. The Morgan fingerprint density at radius 3 is 2.28 bits per heavy atom. The molecule has 0 spiro atoms. The Labute approximate surface area is 123 Å². The molecule has 0 bridgehead atoms. The molecule has 1 aliphatic carbocycles. The molecule has 1 aliphatic rings. The molecule has 0 radical (unpaired) electrons. The summed E-state index contributed by atoms with van der Waals surface area (Å²) >= 11 is 5.18. The monoisotopic (exact) mass is 330 g/mol. The summed E-state index contributed by atoms with van der Waals surface area (Å²) in [4.78, 5) is 0. The van der Waals surface area contributed by atoms with Crippen molar-refractivity contribution in [3.63, 3.8) is 0 Å². The lowest BCUT2D eigenvalue weighted by molar-refractivity contribution is 0.0527. The van der Waals surface area contributed by atoms with Crippen LogP contribution in [0.5, 0.6) is 0 Å². The van der Waals surface area contributed by atoms with E-state index in [1.54, 1.807) is 11.3 Å². The van der Waals surface area contributed by atoms with Crippen LogP contribution in [0.3, 0.4) is 0 Å². The van der Waals surface area contributed by atoms with Gasteiger partial charge in [-0.05, 0) is 64.2 Å². The van der Waals surface area contributed by atoms with Gasteiger partial charge in [0.25, 0.3) is 0 Å². The van der Waals surface area contributed by atoms with Crippen molar-refractivity contribution < 1.29 is 5.11 Å². The third kappa shape index (κ3) is 3.17. The predicted octanol–water partition coefficient (Wildman–Crippen LogP) is 5.40. The van der Waals surface area contributed by atoms with E-state index in [9.17, 15) is 5.11 Å². The standard InChI is InChI=1S/C15H23BrOS/c1-15(2,3)11-6-4-10(5-7-11)14(17)12-8-18-9-13(12)16/h8-11,14,17H,4-7H2,1-3H3. The van der Waals surface area contributed by atoms with Gasteiger partial charge in [-0.1, -0.05) is 20.8 Å². The number of rotatable bonds is 2. The zero-order chi connectivity index (χ0) is 13.3. The van der Waals surface area contributed by atoms with Gasteiger partial charge in [0.1, 0.15) is 0 Å². The van der Waals surface area contributed by atoms with Gasteiger partial charge in [-0.2, -0.15) is 11.3 Å². The molecule has 0 aromatic carbocycles. The number of hydrogen-bond acceptors (Lipinski definition) is 2. The van der Waals surface area contributed by atoms with Gasteiger partial charge in [0.2, 0.25) is 0 Å². The molecule has 0 amide bonds. The molecule has 1 atom stereocenters. The SMILES string of the molecule is CC(C)(C)C1CCC(C(O)c2cscc2Br)CC1. The van der Waals surface area contributed by atoms with Gasteiger partial charge >= 0.3 is 0 Å². The van der Waals surface area contributed by atoms with Gasteiger partial charge < -0.3 is 5.11 Å². The first-order valence-corrected chi connectivity index (χ1v) is 8.53. The summed E-state index contributed by atoms with van der Waals surface area (Å²) in [5.74, 6) is 1.25. The quantitative estimate of drug-likeness (QED) is 0.769. The minimum absolute atomic E-state index is 0.286. The van der Waals surface area contributed by atoms with E-state index in [0.29, 0.717) is 11.3 Å². The van der Waals surface area contributed by atoms with Crippen LogP contribution in [-0.2, 0) is 0 Å². The second-order valence-electron chi connectivity index (χ2n) is 6.60. The van der Waals surface area contributed by atoms with Crippen molar-refractivity contribution in [3.05, 3.63) is 20.8 Å². The second kappa shape index (κ2) is 5.64. The zero-order valence-electron chi connectivity index (χ0n) is 11.4. The number of aliphatic hydroxyl groups excluding tert-OH is 1. The van der Waals surface area contributed by atoms with Crippen LogP contribution in [0.15, 0.2) is 15.2 Å². The molecule has 0 saturated heterocycles. The maximum absolute atomic E-state index is 10.5. The Kier molecular flexibility index (Phi) is 4.56. The Morgan fingerprint density at radius 2 is 1.83 bits per heavy atom. The summed E-state index contributed by atoms with van der Waals surface area (Å²) in [6, 6.07) is 0. The average molecular weight is 331 g/mol. The third-order valence-electron chi connectivity index (χ3n) is 4.40. The highest BCUT2D eigenvalue weighted by Crippen LogP contribution is 2.44. The molecular weight excluding hydrogens is 308 g/mol. The first-order chi connectivity index (χ1) is 8.39. The summed E-state index contributed by atoms with van der Waals surface area (Å²) in [5.41, 5.74) is 1.50. The first kappa shape index (κ1) is 14.5.